The van der Waals surface area contributed by atoms with Crippen molar-refractivity contribution in [1.82, 2.24) is 5.32 Å². The molecule has 0 saturated heterocycles. The molecule has 7 nitrogen and oxygen atoms in total. The summed E-state index contributed by atoms with van der Waals surface area (Å²) >= 11 is 0. The van der Waals surface area contributed by atoms with Crippen molar-refractivity contribution >= 4 is 5.91 Å². The number of hydrogen-bond donors (Lipinski definition) is 1. The fourth-order valence-corrected chi connectivity index (χ4v) is 3.34. The summed E-state index contributed by atoms with van der Waals surface area (Å²) in [7, 11) is 4.73. The Labute approximate surface area is 170 Å². The fourth-order valence-electron chi connectivity index (χ4n) is 3.34. The van der Waals surface area contributed by atoms with E-state index >= 15 is 0 Å². The van der Waals surface area contributed by atoms with Crippen molar-refractivity contribution in [2.24, 2.45) is 0 Å². The van der Waals surface area contributed by atoms with E-state index in [1.54, 1.807) is 39.5 Å². The second-order valence-corrected chi connectivity index (χ2v) is 7.43. The molecular weight excluding hydrogens is 374 g/mol. The molecule has 29 heavy (non-hydrogen) atoms. The molecule has 0 fully saturated rings. The first-order valence-electron chi connectivity index (χ1n) is 9.36. The van der Waals surface area contributed by atoms with Gasteiger partial charge in [-0.1, -0.05) is 0 Å². The molecular formula is C22H27NO6. The van der Waals surface area contributed by atoms with E-state index < -0.39 is 5.60 Å². The molecule has 1 unspecified atom stereocenters. The molecule has 0 aromatic heterocycles. The van der Waals surface area contributed by atoms with Gasteiger partial charge in [-0.05, 0) is 26.0 Å². The molecule has 7 heteroatoms. The first-order valence-corrected chi connectivity index (χ1v) is 9.36. The number of rotatable bonds is 7. The molecule has 1 aliphatic heterocycles. The number of carbonyl (C=O) groups is 1. The molecule has 0 radical (unpaired) electrons. The summed E-state index contributed by atoms with van der Waals surface area (Å²) in [6.07, 6.45) is 0.644. The van der Waals surface area contributed by atoms with E-state index in [4.69, 9.17) is 23.7 Å². The van der Waals surface area contributed by atoms with Gasteiger partial charge in [0.1, 0.15) is 34.3 Å². The minimum Gasteiger partial charge on any atom is -0.497 e. The molecule has 0 aliphatic carbocycles. The van der Waals surface area contributed by atoms with Gasteiger partial charge < -0.3 is 29.0 Å². The third-order valence-corrected chi connectivity index (χ3v) is 4.71. The van der Waals surface area contributed by atoms with Crippen molar-refractivity contribution in [1.29, 1.82) is 0 Å². The maximum atomic E-state index is 12.6. The Morgan fingerprint density at radius 2 is 1.62 bits per heavy atom. The van der Waals surface area contributed by atoms with Crippen LogP contribution in [0.4, 0.5) is 0 Å². The first kappa shape index (κ1) is 20.6. The number of hydrogen-bond acceptors (Lipinski definition) is 6. The molecule has 3 rings (SSSR count). The SMILES string of the molecule is COc1cc(OC)cc(OCC(=O)NC2CC(C)(C)Oc3cc(OC)ccc32)c1. The van der Waals surface area contributed by atoms with Gasteiger partial charge in [-0.25, -0.2) is 0 Å². The number of methoxy groups -OCH3 is 3. The van der Waals surface area contributed by atoms with Crippen LogP contribution in [0.25, 0.3) is 0 Å². The predicted octanol–water partition coefficient (Wildman–Crippen LogP) is 3.51. The van der Waals surface area contributed by atoms with E-state index in [1.165, 1.54) is 0 Å². The Balaban J connectivity index is 1.69. The van der Waals surface area contributed by atoms with Crippen molar-refractivity contribution in [2.45, 2.75) is 31.9 Å². The highest BCUT2D eigenvalue weighted by molar-refractivity contribution is 5.78. The highest BCUT2D eigenvalue weighted by Gasteiger charge is 2.34. The summed E-state index contributed by atoms with van der Waals surface area (Å²) in [4.78, 5) is 12.6. The number of amides is 1. The van der Waals surface area contributed by atoms with Crippen LogP contribution in [0.3, 0.4) is 0 Å². The van der Waals surface area contributed by atoms with Crippen molar-refractivity contribution < 1.29 is 28.5 Å². The van der Waals surface area contributed by atoms with Crippen LogP contribution in [-0.2, 0) is 4.79 Å². The van der Waals surface area contributed by atoms with Gasteiger partial charge in [0.15, 0.2) is 6.61 Å². The van der Waals surface area contributed by atoms with Gasteiger partial charge in [-0.2, -0.15) is 0 Å². The molecule has 1 N–H and O–H groups in total. The van der Waals surface area contributed by atoms with Gasteiger partial charge in [0.25, 0.3) is 5.91 Å². The average Bonchev–Trinajstić information content (AvgIpc) is 2.70. The number of fused-ring (bicyclic) bond motifs is 1. The average molecular weight is 401 g/mol. The standard InChI is InChI=1S/C22H27NO6/c1-22(2)12-19(18-7-6-14(25-3)11-20(18)29-22)23-21(24)13-28-17-9-15(26-4)8-16(10-17)27-5/h6-11,19H,12-13H2,1-5H3,(H,23,24). The smallest absolute Gasteiger partial charge is 0.258 e. The molecule has 156 valence electrons. The van der Waals surface area contributed by atoms with Crippen molar-refractivity contribution in [2.75, 3.05) is 27.9 Å². The van der Waals surface area contributed by atoms with Crippen molar-refractivity contribution in [3.05, 3.63) is 42.0 Å². The number of ether oxygens (including phenoxy) is 5. The molecule has 1 aliphatic rings. The lowest BCUT2D eigenvalue weighted by molar-refractivity contribution is -0.124. The quantitative estimate of drug-likeness (QED) is 0.765. The zero-order chi connectivity index (χ0) is 21.0. The summed E-state index contributed by atoms with van der Waals surface area (Å²) in [5, 5.41) is 3.05. The van der Waals surface area contributed by atoms with Crippen molar-refractivity contribution in [3.63, 3.8) is 0 Å². The molecule has 1 amide bonds. The third-order valence-electron chi connectivity index (χ3n) is 4.71. The van der Waals surface area contributed by atoms with Gasteiger partial charge in [0.2, 0.25) is 0 Å². The van der Waals surface area contributed by atoms with Gasteiger partial charge >= 0.3 is 0 Å². The lowest BCUT2D eigenvalue weighted by Crippen LogP contribution is -2.42. The van der Waals surface area contributed by atoms with E-state index in [2.05, 4.69) is 5.32 Å². The van der Waals surface area contributed by atoms with Crippen LogP contribution >= 0.6 is 0 Å². The predicted molar refractivity (Wildman–Crippen MR) is 108 cm³/mol. The molecule has 2 aromatic rings. The second-order valence-electron chi connectivity index (χ2n) is 7.43. The van der Waals surface area contributed by atoms with Crippen molar-refractivity contribution in [3.8, 4) is 28.7 Å². The van der Waals surface area contributed by atoms with Crippen LogP contribution in [0.15, 0.2) is 36.4 Å². The van der Waals surface area contributed by atoms with Crippen LogP contribution < -0.4 is 29.0 Å². The van der Waals surface area contributed by atoms with E-state index in [1.807, 2.05) is 32.0 Å². The highest BCUT2D eigenvalue weighted by atomic mass is 16.5. The van der Waals surface area contributed by atoms with Crippen LogP contribution in [-0.4, -0.2) is 39.4 Å². The highest BCUT2D eigenvalue weighted by Crippen LogP contribution is 2.41. The molecule has 1 heterocycles. The number of carbonyl (C=O) groups excluding carboxylic acids is 1. The van der Waals surface area contributed by atoms with E-state index in [0.717, 1.165) is 5.56 Å². The minimum absolute atomic E-state index is 0.125. The number of nitrogens with one attached hydrogen (secondary N) is 1. The monoisotopic (exact) mass is 401 g/mol. The van der Waals surface area contributed by atoms with Crippen LogP contribution in [0.2, 0.25) is 0 Å². The summed E-state index contributed by atoms with van der Waals surface area (Å²) in [5.41, 5.74) is 0.500. The molecule has 0 bridgehead atoms. The first-order chi connectivity index (χ1) is 13.8. The van der Waals surface area contributed by atoms with Gasteiger partial charge in [-0.3, -0.25) is 4.79 Å². The Morgan fingerprint density at radius 3 is 2.24 bits per heavy atom. The fraction of sp³-hybridized carbons (Fsp3) is 0.409. The lowest BCUT2D eigenvalue weighted by atomic mass is 9.89. The Hall–Kier alpha value is -3.09. The largest absolute Gasteiger partial charge is 0.497 e. The summed E-state index contributed by atoms with van der Waals surface area (Å²) in [6, 6.07) is 10.6. The van der Waals surface area contributed by atoms with Gasteiger partial charge in [-0.15, -0.1) is 0 Å². The summed E-state index contributed by atoms with van der Waals surface area (Å²) < 4.78 is 27.4. The molecule has 0 saturated carbocycles. The summed E-state index contributed by atoms with van der Waals surface area (Å²) in [6.45, 7) is 3.86. The van der Waals surface area contributed by atoms with Gasteiger partial charge in [0.05, 0.1) is 27.4 Å². The lowest BCUT2D eigenvalue weighted by Gasteiger charge is -2.38. The van der Waals surface area contributed by atoms with Crippen LogP contribution in [0, 0.1) is 0 Å². The third kappa shape index (κ3) is 5.04. The second kappa shape index (κ2) is 8.51. The maximum absolute atomic E-state index is 12.6. The minimum atomic E-state index is -0.418. The van der Waals surface area contributed by atoms with E-state index in [9.17, 15) is 4.79 Å². The maximum Gasteiger partial charge on any atom is 0.258 e. The van der Waals surface area contributed by atoms with Gasteiger partial charge in [0, 0.05) is 36.2 Å². The van der Waals surface area contributed by atoms with Crippen LogP contribution in [0.5, 0.6) is 28.7 Å². The van der Waals surface area contributed by atoms with Crippen LogP contribution in [0.1, 0.15) is 31.9 Å². The molecule has 1 atom stereocenters. The Bertz CT molecular complexity index is 857. The number of benzene rings is 2. The molecule has 2 aromatic carbocycles. The zero-order valence-corrected chi connectivity index (χ0v) is 17.4. The zero-order valence-electron chi connectivity index (χ0n) is 17.4. The normalized spacial score (nSPS) is 16.8. The van der Waals surface area contributed by atoms with E-state index in [-0.39, 0.29) is 18.6 Å². The molecule has 0 spiro atoms. The Kier molecular flexibility index (Phi) is 6.06. The topological polar surface area (TPSA) is 75.3 Å². The Morgan fingerprint density at radius 1 is 1.00 bits per heavy atom. The van der Waals surface area contributed by atoms with E-state index in [0.29, 0.717) is 35.2 Å². The summed E-state index contributed by atoms with van der Waals surface area (Å²) in [5.74, 6) is 2.87.